The predicted molar refractivity (Wildman–Crippen MR) is 117 cm³/mol. The van der Waals surface area contributed by atoms with E-state index in [1.165, 1.54) is 25.9 Å². The van der Waals surface area contributed by atoms with Crippen LogP contribution in [0.15, 0.2) is 0 Å². The van der Waals surface area contributed by atoms with Gasteiger partial charge in [-0.2, -0.15) is 0 Å². The van der Waals surface area contributed by atoms with Gasteiger partial charge in [-0.1, -0.05) is 26.7 Å². The fourth-order valence-corrected chi connectivity index (χ4v) is 6.72. The number of carbonyl (C=O) groups is 2. The number of hydrogen-bond donors (Lipinski definition) is 0. The van der Waals surface area contributed by atoms with E-state index >= 15 is 0 Å². The lowest BCUT2D eigenvalue weighted by Crippen LogP contribution is -2.43. The molecule has 8 heteroatoms. The number of amides is 2. The van der Waals surface area contributed by atoms with Crippen molar-refractivity contribution in [2.45, 2.75) is 83.7 Å². The Labute approximate surface area is 182 Å². The van der Waals surface area contributed by atoms with E-state index in [0.29, 0.717) is 25.8 Å². The maximum absolute atomic E-state index is 12.9. The molecule has 0 aromatic carbocycles. The zero-order chi connectivity index (χ0) is 21.9. The summed E-state index contributed by atoms with van der Waals surface area (Å²) in [7, 11) is -3.60. The van der Waals surface area contributed by atoms with Crippen molar-refractivity contribution >= 4 is 21.8 Å². The van der Waals surface area contributed by atoms with Gasteiger partial charge in [0, 0.05) is 13.0 Å². The topological polar surface area (TPSA) is 78.0 Å². The van der Waals surface area contributed by atoms with Crippen LogP contribution in [0.5, 0.6) is 0 Å². The van der Waals surface area contributed by atoms with E-state index in [2.05, 4.69) is 11.8 Å². The number of likely N-dealkylation sites (tertiary alicyclic amines) is 2. The van der Waals surface area contributed by atoms with E-state index in [0.717, 1.165) is 48.7 Å². The molecule has 7 nitrogen and oxygen atoms in total. The monoisotopic (exact) mass is 441 g/mol. The second-order valence-corrected chi connectivity index (χ2v) is 11.4. The molecular weight excluding hydrogens is 402 g/mol. The molecule has 0 aromatic rings. The van der Waals surface area contributed by atoms with Gasteiger partial charge < -0.3 is 9.80 Å². The van der Waals surface area contributed by atoms with Crippen molar-refractivity contribution < 1.29 is 18.0 Å². The Morgan fingerprint density at radius 3 is 2.40 bits per heavy atom. The zero-order valence-electron chi connectivity index (χ0n) is 18.9. The fraction of sp³-hybridized carbons (Fsp3) is 0.909. The molecule has 172 valence electrons. The van der Waals surface area contributed by atoms with Gasteiger partial charge in [-0.15, -0.1) is 0 Å². The van der Waals surface area contributed by atoms with Crippen molar-refractivity contribution in [2.24, 2.45) is 11.8 Å². The van der Waals surface area contributed by atoms with E-state index in [1.54, 1.807) is 0 Å². The largest absolute Gasteiger partial charge is 0.337 e. The average Bonchev–Trinajstić information content (AvgIpc) is 3.21. The maximum atomic E-state index is 12.9. The minimum atomic E-state index is -3.60. The van der Waals surface area contributed by atoms with Crippen LogP contribution >= 0.6 is 0 Å². The molecule has 2 amide bonds. The van der Waals surface area contributed by atoms with Crippen LogP contribution in [-0.2, 0) is 19.6 Å². The standard InChI is InChI=1S/C22H39N3O4S/c1-4-8-18-21-19(25(22(18)27)30(3,28)29)12-16-24(21)20(26)9-6-5-7-13-23-14-10-17(2)11-15-23/h17-19,21H,4-16H2,1-3H3/t18-,19+,21-/m1/s1. The molecule has 3 saturated heterocycles. The SMILES string of the molecule is CCC[C@H]1C(=O)N(S(C)(=O)=O)[C@H]2CCN(C(=O)CCCCCN3CCC(C)CC3)[C@H]12. The quantitative estimate of drug-likeness (QED) is 0.514. The average molecular weight is 442 g/mol. The number of hydrogen-bond acceptors (Lipinski definition) is 5. The van der Waals surface area contributed by atoms with E-state index in [9.17, 15) is 18.0 Å². The zero-order valence-corrected chi connectivity index (χ0v) is 19.7. The molecule has 3 heterocycles. The molecule has 3 aliphatic heterocycles. The minimum absolute atomic E-state index is 0.0820. The summed E-state index contributed by atoms with van der Waals surface area (Å²) in [4.78, 5) is 30.1. The van der Waals surface area contributed by atoms with Gasteiger partial charge >= 0.3 is 0 Å². The third-order valence-electron chi connectivity index (χ3n) is 7.19. The molecule has 0 aromatic heterocycles. The van der Waals surface area contributed by atoms with Gasteiger partial charge in [-0.3, -0.25) is 9.59 Å². The molecule has 0 unspecified atom stereocenters. The molecule has 3 atom stereocenters. The van der Waals surface area contributed by atoms with E-state index in [1.807, 2.05) is 11.8 Å². The summed E-state index contributed by atoms with van der Waals surface area (Å²) in [6, 6.07) is -0.662. The number of unbranched alkanes of at least 4 members (excludes halogenated alkanes) is 2. The normalized spacial score (nSPS) is 28.4. The highest BCUT2D eigenvalue weighted by atomic mass is 32.2. The molecule has 30 heavy (non-hydrogen) atoms. The number of nitrogens with zero attached hydrogens (tertiary/aromatic N) is 3. The number of fused-ring (bicyclic) bond motifs is 1. The summed E-state index contributed by atoms with van der Waals surface area (Å²) in [6.07, 6.45) is 9.17. The van der Waals surface area contributed by atoms with Crippen LogP contribution in [0.2, 0.25) is 0 Å². The van der Waals surface area contributed by atoms with E-state index in [-0.39, 0.29) is 29.8 Å². The molecule has 0 aliphatic carbocycles. The third kappa shape index (κ3) is 5.18. The maximum Gasteiger partial charge on any atom is 0.241 e. The van der Waals surface area contributed by atoms with Crippen LogP contribution in [0.25, 0.3) is 0 Å². The first-order valence-electron chi connectivity index (χ1n) is 11.8. The molecule has 0 saturated carbocycles. The van der Waals surface area contributed by atoms with E-state index in [4.69, 9.17) is 0 Å². The van der Waals surface area contributed by atoms with Gasteiger partial charge in [0.25, 0.3) is 0 Å². The van der Waals surface area contributed by atoms with Gasteiger partial charge in [0.15, 0.2) is 0 Å². The first-order valence-corrected chi connectivity index (χ1v) is 13.6. The smallest absolute Gasteiger partial charge is 0.241 e. The van der Waals surface area contributed by atoms with Gasteiger partial charge in [-0.05, 0) is 64.1 Å². The minimum Gasteiger partial charge on any atom is -0.337 e. The Morgan fingerprint density at radius 1 is 1.07 bits per heavy atom. The number of rotatable bonds is 9. The van der Waals surface area contributed by atoms with Crippen LogP contribution in [0, 0.1) is 11.8 Å². The lowest BCUT2D eigenvalue weighted by Gasteiger charge is -2.30. The Bertz CT molecular complexity index is 718. The molecule has 0 radical (unpaired) electrons. The molecule has 3 fully saturated rings. The summed E-state index contributed by atoms with van der Waals surface area (Å²) in [5, 5.41) is 0. The summed E-state index contributed by atoms with van der Waals surface area (Å²) in [5.74, 6) is 0.227. The second-order valence-electron chi connectivity index (χ2n) is 9.56. The Balaban J connectivity index is 1.49. The molecule has 0 N–H and O–H groups in total. The Morgan fingerprint density at radius 2 is 1.77 bits per heavy atom. The van der Waals surface area contributed by atoms with Gasteiger partial charge in [-0.25, -0.2) is 12.7 Å². The highest BCUT2D eigenvalue weighted by molar-refractivity contribution is 7.88. The lowest BCUT2D eigenvalue weighted by molar-refractivity contribution is -0.134. The first-order chi connectivity index (χ1) is 14.2. The predicted octanol–water partition coefficient (Wildman–Crippen LogP) is 2.47. The molecule has 0 spiro atoms. The molecular formula is C22H39N3O4S. The molecule has 3 rings (SSSR count). The van der Waals surface area contributed by atoms with Crippen LogP contribution < -0.4 is 0 Å². The van der Waals surface area contributed by atoms with Crippen molar-refractivity contribution in [3.8, 4) is 0 Å². The summed E-state index contributed by atoms with van der Waals surface area (Å²) in [5.41, 5.74) is 0. The lowest BCUT2D eigenvalue weighted by atomic mass is 9.94. The molecule has 3 aliphatic rings. The van der Waals surface area contributed by atoms with Crippen LogP contribution in [0.4, 0.5) is 0 Å². The van der Waals surface area contributed by atoms with Gasteiger partial charge in [0.2, 0.25) is 21.8 Å². The van der Waals surface area contributed by atoms with Crippen LogP contribution in [-0.4, -0.2) is 78.9 Å². The van der Waals surface area contributed by atoms with Crippen molar-refractivity contribution in [3.63, 3.8) is 0 Å². The first kappa shape index (κ1) is 23.5. The summed E-state index contributed by atoms with van der Waals surface area (Å²) < 4.78 is 25.5. The third-order valence-corrected chi connectivity index (χ3v) is 8.35. The van der Waals surface area contributed by atoms with Crippen molar-refractivity contribution in [3.05, 3.63) is 0 Å². The summed E-state index contributed by atoms with van der Waals surface area (Å²) >= 11 is 0. The Hall–Kier alpha value is -1.15. The van der Waals surface area contributed by atoms with E-state index < -0.39 is 10.0 Å². The fourth-order valence-electron chi connectivity index (χ4n) is 5.54. The summed E-state index contributed by atoms with van der Waals surface area (Å²) in [6.45, 7) is 8.38. The Kier molecular flexibility index (Phi) is 7.82. The highest BCUT2D eigenvalue weighted by Crippen LogP contribution is 2.40. The number of piperidine rings is 1. The van der Waals surface area contributed by atoms with Crippen molar-refractivity contribution in [1.29, 1.82) is 0 Å². The number of carbonyl (C=O) groups excluding carboxylic acids is 2. The number of sulfonamides is 1. The molecule has 0 bridgehead atoms. The highest BCUT2D eigenvalue weighted by Gasteiger charge is 2.56. The van der Waals surface area contributed by atoms with Gasteiger partial charge in [0.1, 0.15) is 0 Å². The van der Waals surface area contributed by atoms with Gasteiger partial charge in [0.05, 0.1) is 24.3 Å². The van der Waals surface area contributed by atoms with Crippen LogP contribution in [0.1, 0.15) is 71.6 Å². The second kappa shape index (κ2) is 9.98. The van der Waals surface area contributed by atoms with Crippen LogP contribution in [0.3, 0.4) is 0 Å². The van der Waals surface area contributed by atoms with Crippen molar-refractivity contribution in [1.82, 2.24) is 14.1 Å². The van der Waals surface area contributed by atoms with Crippen molar-refractivity contribution in [2.75, 3.05) is 32.4 Å².